The molecule has 5 heteroatoms. The van der Waals surface area contributed by atoms with Gasteiger partial charge in [0, 0.05) is 10.7 Å². The predicted octanol–water partition coefficient (Wildman–Crippen LogP) is 3.45. The molecule has 0 unspecified atom stereocenters. The molecular weight excluding hydrogens is 258 g/mol. The topological polar surface area (TPSA) is 51.0 Å². The lowest BCUT2D eigenvalue weighted by Crippen LogP contribution is -2.21. The Hall–Kier alpha value is -1.72. The Labute approximate surface area is 115 Å². The number of thiophene rings is 1. The van der Waals surface area contributed by atoms with Crippen LogP contribution in [0.25, 0.3) is 20.9 Å². The Morgan fingerprint density at radius 2 is 2.11 bits per heavy atom. The van der Waals surface area contributed by atoms with Crippen LogP contribution in [0, 0.1) is 0 Å². The number of aromatic nitrogens is 2. The van der Waals surface area contributed by atoms with Crippen molar-refractivity contribution in [1.82, 2.24) is 15.5 Å². The van der Waals surface area contributed by atoms with Gasteiger partial charge < -0.3 is 9.73 Å². The van der Waals surface area contributed by atoms with Crippen molar-refractivity contribution < 1.29 is 4.42 Å². The second kappa shape index (κ2) is 5.11. The quantitative estimate of drug-likeness (QED) is 0.791. The molecule has 2 heterocycles. The van der Waals surface area contributed by atoms with Crippen LogP contribution in [0.2, 0.25) is 0 Å². The second-order valence-corrected chi connectivity index (χ2v) is 5.77. The minimum absolute atomic E-state index is 0.402. The van der Waals surface area contributed by atoms with Gasteiger partial charge in [-0.2, -0.15) is 0 Å². The molecule has 0 radical (unpaired) electrons. The number of hydrogen-bond acceptors (Lipinski definition) is 5. The highest BCUT2D eigenvalue weighted by molar-refractivity contribution is 7.22. The number of hydrogen-bond donors (Lipinski definition) is 1. The van der Waals surface area contributed by atoms with Crippen molar-refractivity contribution in [2.24, 2.45) is 0 Å². The maximum absolute atomic E-state index is 5.68. The largest absolute Gasteiger partial charge is 0.419 e. The van der Waals surface area contributed by atoms with Gasteiger partial charge in [-0.1, -0.05) is 32.0 Å². The van der Waals surface area contributed by atoms with Gasteiger partial charge in [0.25, 0.3) is 5.89 Å². The molecule has 0 saturated heterocycles. The molecule has 0 amide bonds. The van der Waals surface area contributed by atoms with Gasteiger partial charge in [-0.05, 0) is 17.5 Å². The van der Waals surface area contributed by atoms with E-state index in [1.54, 1.807) is 11.3 Å². The fourth-order valence-electron chi connectivity index (χ4n) is 1.80. The van der Waals surface area contributed by atoms with Gasteiger partial charge in [0.15, 0.2) is 0 Å². The third-order valence-electron chi connectivity index (χ3n) is 2.76. The van der Waals surface area contributed by atoms with Crippen LogP contribution in [0.15, 0.2) is 34.7 Å². The molecule has 3 aromatic rings. The zero-order chi connectivity index (χ0) is 13.2. The van der Waals surface area contributed by atoms with E-state index in [-0.39, 0.29) is 0 Å². The normalized spacial score (nSPS) is 11.5. The van der Waals surface area contributed by atoms with E-state index in [2.05, 4.69) is 47.6 Å². The highest BCUT2D eigenvalue weighted by Gasteiger charge is 2.11. The molecule has 1 N–H and O–H groups in total. The first-order valence-electron chi connectivity index (χ1n) is 6.27. The Morgan fingerprint density at radius 3 is 2.89 bits per heavy atom. The SMILES string of the molecule is CC(C)NCc1nnc(-c2cc3ccccc3s2)o1. The molecule has 2 aromatic heterocycles. The number of benzene rings is 1. The molecule has 98 valence electrons. The van der Waals surface area contributed by atoms with E-state index >= 15 is 0 Å². The average Bonchev–Trinajstić information content (AvgIpc) is 3.02. The summed E-state index contributed by atoms with van der Waals surface area (Å²) in [6.45, 7) is 4.78. The molecule has 0 fully saturated rings. The summed E-state index contributed by atoms with van der Waals surface area (Å²) in [6.07, 6.45) is 0. The van der Waals surface area contributed by atoms with Gasteiger partial charge in [-0.3, -0.25) is 0 Å². The molecule has 0 aliphatic heterocycles. The standard InChI is InChI=1S/C14H15N3OS/c1-9(2)15-8-13-16-17-14(18-13)12-7-10-5-3-4-6-11(10)19-12/h3-7,9,15H,8H2,1-2H3. The Bertz CT molecular complexity index is 654. The van der Waals surface area contributed by atoms with Gasteiger partial charge in [-0.25, -0.2) is 0 Å². The molecule has 4 nitrogen and oxygen atoms in total. The van der Waals surface area contributed by atoms with Crippen LogP contribution in [-0.2, 0) is 6.54 Å². The third-order valence-corrected chi connectivity index (χ3v) is 3.87. The summed E-state index contributed by atoms with van der Waals surface area (Å²) in [7, 11) is 0. The smallest absolute Gasteiger partial charge is 0.257 e. The first-order chi connectivity index (χ1) is 9.22. The lowest BCUT2D eigenvalue weighted by molar-refractivity contribution is 0.459. The fraction of sp³-hybridized carbons (Fsp3) is 0.286. The third kappa shape index (κ3) is 2.67. The van der Waals surface area contributed by atoms with Crippen LogP contribution in [0.5, 0.6) is 0 Å². The first-order valence-corrected chi connectivity index (χ1v) is 7.09. The molecule has 1 aromatic carbocycles. The maximum atomic E-state index is 5.68. The molecule has 0 spiro atoms. The minimum atomic E-state index is 0.402. The van der Waals surface area contributed by atoms with Crippen LogP contribution in [0.4, 0.5) is 0 Å². The van der Waals surface area contributed by atoms with Crippen LogP contribution in [0.1, 0.15) is 19.7 Å². The molecule has 0 atom stereocenters. The van der Waals surface area contributed by atoms with Crippen molar-refractivity contribution in [3.05, 3.63) is 36.2 Å². The van der Waals surface area contributed by atoms with Crippen LogP contribution < -0.4 is 5.32 Å². The average molecular weight is 273 g/mol. The fourth-order valence-corrected chi connectivity index (χ4v) is 2.79. The lowest BCUT2D eigenvalue weighted by Gasteiger charge is -2.03. The summed E-state index contributed by atoms with van der Waals surface area (Å²) in [4.78, 5) is 1.02. The molecule has 19 heavy (non-hydrogen) atoms. The van der Waals surface area contributed by atoms with Gasteiger partial charge in [-0.15, -0.1) is 21.5 Å². The number of fused-ring (bicyclic) bond motifs is 1. The summed E-state index contributed by atoms with van der Waals surface area (Å²) in [5.74, 6) is 1.22. The maximum Gasteiger partial charge on any atom is 0.257 e. The minimum Gasteiger partial charge on any atom is -0.419 e. The number of nitrogens with zero attached hydrogens (tertiary/aromatic N) is 2. The zero-order valence-corrected chi connectivity index (χ0v) is 11.7. The van der Waals surface area contributed by atoms with E-state index in [0.717, 1.165) is 4.88 Å². The van der Waals surface area contributed by atoms with Gasteiger partial charge in [0.1, 0.15) is 0 Å². The summed E-state index contributed by atoms with van der Waals surface area (Å²) >= 11 is 1.67. The second-order valence-electron chi connectivity index (χ2n) is 4.69. The predicted molar refractivity (Wildman–Crippen MR) is 77.1 cm³/mol. The van der Waals surface area contributed by atoms with Crippen molar-refractivity contribution in [2.45, 2.75) is 26.4 Å². The molecule has 0 bridgehead atoms. The van der Waals surface area contributed by atoms with Crippen molar-refractivity contribution in [3.63, 3.8) is 0 Å². The Balaban J connectivity index is 1.85. The van der Waals surface area contributed by atoms with Crippen LogP contribution >= 0.6 is 11.3 Å². The summed E-state index contributed by atoms with van der Waals surface area (Å²) < 4.78 is 6.91. The van der Waals surface area contributed by atoms with Crippen molar-refractivity contribution in [2.75, 3.05) is 0 Å². The molecule has 0 aliphatic rings. The summed E-state index contributed by atoms with van der Waals surface area (Å²) in [5, 5.41) is 12.6. The first kappa shape index (κ1) is 12.3. The van der Waals surface area contributed by atoms with E-state index in [0.29, 0.717) is 24.4 Å². The molecule has 0 saturated carbocycles. The molecule has 3 rings (SSSR count). The van der Waals surface area contributed by atoms with Crippen LogP contribution in [0.3, 0.4) is 0 Å². The zero-order valence-electron chi connectivity index (χ0n) is 10.9. The molecular formula is C14H15N3OS. The van der Waals surface area contributed by atoms with E-state index in [1.807, 2.05) is 12.1 Å². The molecule has 0 aliphatic carbocycles. The number of rotatable bonds is 4. The van der Waals surface area contributed by atoms with Crippen molar-refractivity contribution in [1.29, 1.82) is 0 Å². The van der Waals surface area contributed by atoms with Crippen molar-refractivity contribution in [3.8, 4) is 10.8 Å². The highest BCUT2D eigenvalue weighted by atomic mass is 32.1. The Kier molecular flexibility index (Phi) is 3.31. The summed E-state index contributed by atoms with van der Waals surface area (Å²) in [6, 6.07) is 10.7. The Morgan fingerprint density at radius 1 is 1.26 bits per heavy atom. The van der Waals surface area contributed by atoms with Gasteiger partial charge in [0.05, 0.1) is 11.4 Å². The van der Waals surface area contributed by atoms with E-state index < -0.39 is 0 Å². The number of nitrogens with one attached hydrogen (secondary N) is 1. The highest BCUT2D eigenvalue weighted by Crippen LogP contribution is 2.32. The van der Waals surface area contributed by atoms with Crippen molar-refractivity contribution >= 4 is 21.4 Å². The lowest BCUT2D eigenvalue weighted by atomic mass is 10.2. The van der Waals surface area contributed by atoms with Crippen LogP contribution in [-0.4, -0.2) is 16.2 Å². The van der Waals surface area contributed by atoms with Gasteiger partial charge >= 0.3 is 0 Å². The van der Waals surface area contributed by atoms with E-state index in [4.69, 9.17) is 4.42 Å². The van der Waals surface area contributed by atoms with E-state index in [1.165, 1.54) is 10.1 Å². The van der Waals surface area contributed by atoms with Gasteiger partial charge in [0.2, 0.25) is 5.89 Å². The van der Waals surface area contributed by atoms with E-state index in [9.17, 15) is 0 Å². The monoisotopic (exact) mass is 273 g/mol. The summed E-state index contributed by atoms with van der Waals surface area (Å²) in [5.41, 5.74) is 0.